The summed E-state index contributed by atoms with van der Waals surface area (Å²) in [7, 11) is 0. The number of fused-ring (bicyclic) bond motifs is 9. The van der Waals surface area contributed by atoms with Crippen molar-refractivity contribution in [1.29, 1.82) is 0 Å². The highest BCUT2D eigenvalue weighted by Gasteiger charge is 2.22. The molecule has 0 spiro atoms. The van der Waals surface area contributed by atoms with E-state index in [1.807, 2.05) is 0 Å². The number of aryl methyl sites for hydroxylation is 3. The van der Waals surface area contributed by atoms with Gasteiger partial charge in [0.2, 0.25) is 0 Å². The molecular formula is C120H94N6. The van der Waals surface area contributed by atoms with E-state index < -0.39 is 0 Å². The zero-order chi connectivity index (χ0) is 84.7. The van der Waals surface area contributed by atoms with Gasteiger partial charge in [0.1, 0.15) is 0 Å². The summed E-state index contributed by atoms with van der Waals surface area (Å²) in [5, 5.41) is 7.82. The fourth-order valence-corrected chi connectivity index (χ4v) is 18.5. The second-order valence-corrected chi connectivity index (χ2v) is 31.9. The first-order valence-corrected chi connectivity index (χ1v) is 43.8. The van der Waals surface area contributed by atoms with E-state index in [4.69, 9.17) is 0 Å². The normalized spacial score (nSPS) is 11.2. The van der Waals surface area contributed by atoms with E-state index in [0.717, 1.165) is 70.8 Å². The van der Waals surface area contributed by atoms with Crippen molar-refractivity contribution in [3.63, 3.8) is 0 Å². The Bertz CT molecular complexity index is 7530. The number of hydrogen-bond acceptors (Lipinski definition) is 3. The number of para-hydroxylation sites is 7. The van der Waals surface area contributed by atoms with Gasteiger partial charge in [0.15, 0.2) is 0 Å². The predicted octanol–water partition coefficient (Wildman–Crippen LogP) is 33.5. The maximum atomic E-state index is 2.41. The standard InChI is InChI=1S/C44H34N2.2C38H30N2/c1-2-45-43-19-10-9-18-41(43)42-31-37(24-29-44(42)45)36-15-11-14-35(30-36)34-22-27-40(28-23-34)46(38-16-7-4-8-17-38)39-25-20-33(21-26-39)32-12-5-3-6-13-32;1-2-39-36-19-11-10-18-34(36)35-27-30(23-26-37(35)39)33-17-9-12-20-38(33)40(31-15-7-4-8-16-31)32-24-21-29(22-25-32)28-13-5-3-6-14-28;1-2-39-37-19-10-9-18-35(37)36-27-31(22-25-38(36)39)30-14-11-17-34(26-30)40(32-15-7-4-8-16-32)33-23-20-29(21-24-33)28-12-5-3-6-13-28/h3-31H,2H2,1H3;2*3-27H,2H2,1H3. The highest BCUT2D eigenvalue weighted by atomic mass is 15.2. The summed E-state index contributed by atoms with van der Waals surface area (Å²) in [6.07, 6.45) is 0. The van der Waals surface area contributed by atoms with Crippen molar-refractivity contribution < 1.29 is 0 Å². The van der Waals surface area contributed by atoms with Crippen molar-refractivity contribution in [3.05, 3.63) is 479 Å². The molecule has 22 aromatic rings. The number of anilines is 9. The maximum absolute atomic E-state index is 2.41. The van der Waals surface area contributed by atoms with E-state index in [1.54, 1.807) is 0 Å². The van der Waals surface area contributed by atoms with Gasteiger partial charge in [-0.1, -0.05) is 315 Å². The first kappa shape index (κ1) is 78.5. The highest BCUT2D eigenvalue weighted by Crippen LogP contribution is 2.46. The summed E-state index contributed by atoms with van der Waals surface area (Å²) in [5.41, 5.74) is 34.9. The van der Waals surface area contributed by atoms with E-state index in [2.05, 4.69) is 528 Å². The Kier molecular flexibility index (Phi) is 22.2. The fraction of sp³-hybridized carbons (Fsp3) is 0.0500. The quantitative estimate of drug-likeness (QED) is 0.0806. The fourth-order valence-electron chi connectivity index (χ4n) is 18.5. The van der Waals surface area contributed by atoms with Gasteiger partial charge < -0.3 is 28.4 Å². The van der Waals surface area contributed by atoms with Gasteiger partial charge in [-0.15, -0.1) is 0 Å². The van der Waals surface area contributed by atoms with Gasteiger partial charge in [-0.2, -0.15) is 0 Å². The van der Waals surface area contributed by atoms with Crippen LogP contribution in [-0.2, 0) is 19.6 Å². The average Bonchev–Trinajstić information content (AvgIpc) is 1.60. The predicted molar refractivity (Wildman–Crippen MR) is 537 cm³/mol. The van der Waals surface area contributed by atoms with Gasteiger partial charge in [0.25, 0.3) is 0 Å². The molecule has 0 N–H and O–H groups in total. The van der Waals surface area contributed by atoms with Crippen molar-refractivity contribution >= 4 is 117 Å². The van der Waals surface area contributed by atoms with Gasteiger partial charge in [0.05, 0.1) is 5.69 Å². The van der Waals surface area contributed by atoms with Crippen LogP contribution >= 0.6 is 0 Å². The van der Waals surface area contributed by atoms with Crippen LogP contribution in [0.3, 0.4) is 0 Å². The lowest BCUT2D eigenvalue weighted by Gasteiger charge is -2.28. The zero-order valence-electron chi connectivity index (χ0n) is 70.9. The zero-order valence-corrected chi connectivity index (χ0v) is 70.9. The molecule has 0 radical (unpaired) electrons. The average molecular weight is 1620 g/mol. The third-order valence-corrected chi connectivity index (χ3v) is 24.6. The SMILES string of the molecule is CCn1c2ccccc2c2cc(-c3cccc(-c4ccc(N(c5ccccc5)c5ccc(-c6ccccc6)cc5)cc4)c3)ccc21.CCn1c2ccccc2c2cc(-c3cccc(N(c4ccccc4)c4ccc(-c5ccccc5)cc4)c3)ccc21.CCn1c2ccccc2c2cc(-c3ccccc3N(c3ccccc3)c3ccc(-c4ccccc4)cc3)ccc21. The van der Waals surface area contributed by atoms with Crippen molar-refractivity contribution in [2.24, 2.45) is 0 Å². The molecule has 0 saturated heterocycles. The van der Waals surface area contributed by atoms with Crippen LogP contribution in [0.25, 0.3) is 143 Å². The summed E-state index contributed by atoms with van der Waals surface area (Å²) in [6.45, 7) is 9.50. The third-order valence-electron chi connectivity index (χ3n) is 24.6. The molecule has 0 aliphatic rings. The minimum Gasteiger partial charge on any atom is -0.341 e. The van der Waals surface area contributed by atoms with Gasteiger partial charge in [-0.25, -0.2) is 0 Å². The number of benzene rings is 19. The van der Waals surface area contributed by atoms with Crippen LogP contribution in [-0.4, -0.2) is 13.7 Å². The van der Waals surface area contributed by atoms with Crippen LogP contribution in [0.15, 0.2) is 479 Å². The van der Waals surface area contributed by atoms with Gasteiger partial charge in [0, 0.05) is 136 Å². The van der Waals surface area contributed by atoms with E-state index in [1.165, 1.54) is 143 Å². The molecule has 0 saturated carbocycles. The topological polar surface area (TPSA) is 24.5 Å². The highest BCUT2D eigenvalue weighted by molar-refractivity contribution is 6.12. The lowest BCUT2D eigenvalue weighted by Crippen LogP contribution is -2.11. The van der Waals surface area contributed by atoms with Crippen molar-refractivity contribution in [1.82, 2.24) is 13.7 Å². The molecule has 126 heavy (non-hydrogen) atoms. The molecule has 0 aliphatic carbocycles. The molecule has 6 heteroatoms. The number of rotatable bonds is 19. The Hall–Kier alpha value is -16.0. The third kappa shape index (κ3) is 15.7. The first-order valence-electron chi connectivity index (χ1n) is 43.8. The molecule has 19 aromatic carbocycles. The van der Waals surface area contributed by atoms with E-state index >= 15 is 0 Å². The summed E-state index contributed by atoms with van der Waals surface area (Å²) < 4.78 is 7.22. The van der Waals surface area contributed by atoms with Crippen LogP contribution in [0.1, 0.15) is 20.8 Å². The monoisotopic (exact) mass is 1620 g/mol. The van der Waals surface area contributed by atoms with Crippen LogP contribution in [0.5, 0.6) is 0 Å². The minimum atomic E-state index is 0.945. The van der Waals surface area contributed by atoms with Crippen molar-refractivity contribution in [3.8, 4) is 77.9 Å². The molecular weight excluding hydrogens is 1530 g/mol. The van der Waals surface area contributed by atoms with Gasteiger partial charge in [-0.3, -0.25) is 0 Å². The molecule has 22 rings (SSSR count). The van der Waals surface area contributed by atoms with Crippen LogP contribution < -0.4 is 14.7 Å². The number of hydrogen-bond donors (Lipinski definition) is 0. The lowest BCUT2D eigenvalue weighted by molar-refractivity contribution is 0.827. The molecule has 0 aliphatic heterocycles. The van der Waals surface area contributed by atoms with Crippen LogP contribution in [0.2, 0.25) is 0 Å². The molecule has 0 fully saturated rings. The largest absolute Gasteiger partial charge is 0.341 e. The first-order chi connectivity index (χ1) is 62.4. The Balaban J connectivity index is 0.000000120. The number of aromatic nitrogens is 3. The Morgan fingerprint density at radius 1 is 0.151 bits per heavy atom. The molecule has 0 atom stereocenters. The summed E-state index contributed by atoms with van der Waals surface area (Å²) in [5.74, 6) is 0. The molecule has 0 amide bonds. The smallest absolute Gasteiger partial charge is 0.0540 e. The molecule has 6 nitrogen and oxygen atoms in total. The molecule has 0 bridgehead atoms. The van der Waals surface area contributed by atoms with Gasteiger partial charge >= 0.3 is 0 Å². The van der Waals surface area contributed by atoms with Gasteiger partial charge in [-0.05, 0) is 257 Å². The van der Waals surface area contributed by atoms with Crippen molar-refractivity contribution in [2.45, 2.75) is 40.4 Å². The summed E-state index contributed by atoms with van der Waals surface area (Å²) >= 11 is 0. The summed E-state index contributed by atoms with van der Waals surface area (Å²) in [4.78, 5) is 7.01. The second kappa shape index (κ2) is 35.6. The Morgan fingerprint density at radius 2 is 0.381 bits per heavy atom. The van der Waals surface area contributed by atoms with E-state index in [0.29, 0.717) is 0 Å². The van der Waals surface area contributed by atoms with Crippen molar-refractivity contribution in [2.75, 3.05) is 14.7 Å². The molecule has 0 unspecified atom stereocenters. The lowest BCUT2D eigenvalue weighted by atomic mass is 9.97. The molecule has 3 heterocycles. The minimum absolute atomic E-state index is 0.945. The van der Waals surface area contributed by atoms with Crippen LogP contribution in [0.4, 0.5) is 51.2 Å². The maximum Gasteiger partial charge on any atom is 0.0540 e. The molecule has 604 valence electrons. The second-order valence-electron chi connectivity index (χ2n) is 31.9. The molecule has 3 aromatic heterocycles. The van der Waals surface area contributed by atoms with E-state index in [9.17, 15) is 0 Å². The Morgan fingerprint density at radius 3 is 0.770 bits per heavy atom. The van der Waals surface area contributed by atoms with E-state index in [-0.39, 0.29) is 0 Å². The Labute approximate surface area is 737 Å². The van der Waals surface area contributed by atoms with Crippen LogP contribution in [0, 0.1) is 0 Å². The summed E-state index contributed by atoms with van der Waals surface area (Å²) in [6, 6.07) is 172. The number of nitrogens with zero attached hydrogens (tertiary/aromatic N) is 6.